The van der Waals surface area contributed by atoms with Crippen molar-refractivity contribution >= 4 is 0 Å². The average molecular weight is 207 g/mol. The molecule has 1 aliphatic rings. The van der Waals surface area contributed by atoms with E-state index in [9.17, 15) is 4.39 Å². The molecular formula is C13H18FN. The van der Waals surface area contributed by atoms with Gasteiger partial charge in [0, 0.05) is 24.7 Å². The fraction of sp³-hybridized carbons (Fsp3) is 0.538. The second-order valence-electron chi connectivity index (χ2n) is 4.70. The molecule has 2 rings (SSSR count). The van der Waals surface area contributed by atoms with Gasteiger partial charge in [-0.25, -0.2) is 4.39 Å². The Labute approximate surface area is 90.9 Å². The zero-order valence-corrected chi connectivity index (χ0v) is 9.68. The summed E-state index contributed by atoms with van der Waals surface area (Å²) in [5.74, 6) is -0.0321. The van der Waals surface area contributed by atoms with E-state index in [2.05, 4.69) is 24.8 Å². The van der Waals surface area contributed by atoms with Crippen molar-refractivity contribution in [2.75, 3.05) is 6.54 Å². The largest absolute Gasteiger partial charge is 0.296 e. The van der Waals surface area contributed by atoms with Crippen LogP contribution in [0.4, 0.5) is 4.39 Å². The summed E-state index contributed by atoms with van der Waals surface area (Å²) in [6, 6.07) is 4.26. The zero-order valence-electron chi connectivity index (χ0n) is 9.68. The normalized spacial score (nSPS) is 16.9. The summed E-state index contributed by atoms with van der Waals surface area (Å²) in [5.41, 5.74) is 3.13. The highest BCUT2D eigenvalue weighted by molar-refractivity contribution is 5.34. The molecule has 0 N–H and O–H groups in total. The summed E-state index contributed by atoms with van der Waals surface area (Å²) in [7, 11) is 0. The first-order valence-corrected chi connectivity index (χ1v) is 5.60. The van der Waals surface area contributed by atoms with Gasteiger partial charge in [0.15, 0.2) is 0 Å². The number of hydrogen-bond donors (Lipinski definition) is 0. The maximum Gasteiger partial charge on any atom is 0.128 e. The van der Waals surface area contributed by atoms with Gasteiger partial charge in [-0.1, -0.05) is 6.07 Å². The third kappa shape index (κ3) is 2.05. The van der Waals surface area contributed by atoms with Crippen LogP contribution in [0.1, 0.15) is 30.5 Å². The van der Waals surface area contributed by atoms with Crippen LogP contribution in [-0.2, 0) is 13.0 Å². The van der Waals surface area contributed by atoms with E-state index < -0.39 is 0 Å². The smallest absolute Gasteiger partial charge is 0.128 e. The van der Waals surface area contributed by atoms with Gasteiger partial charge in [0.25, 0.3) is 0 Å². The van der Waals surface area contributed by atoms with Crippen LogP contribution in [0.3, 0.4) is 0 Å². The third-order valence-electron chi connectivity index (χ3n) is 3.19. The van der Waals surface area contributed by atoms with Crippen molar-refractivity contribution in [3.63, 3.8) is 0 Å². The molecule has 0 amide bonds. The van der Waals surface area contributed by atoms with E-state index in [1.165, 1.54) is 5.56 Å². The number of fused-ring (bicyclic) bond motifs is 1. The predicted octanol–water partition coefficient (Wildman–Crippen LogP) is 2.90. The van der Waals surface area contributed by atoms with E-state index in [1.54, 1.807) is 6.07 Å². The van der Waals surface area contributed by atoms with Crippen molar-refractivity contribution in [3.8, 4) is 0 Å². The fourth-order valence-corrected chi connectivity index (χ4v) is 2.23. The molecule has 1 aliphatic heterocycles. The Hall–Kier alpha value is -0.890. The number of rotatable bonds is 1. The maximum atomic E-state index is 13.7. The predicted molar refractivity (Wildman–Crippen MR) is 60.4 cm³/mol. The third-order valence-corrected chi connectivity index (χ3v) is 3.19. The second-order valence-corrected chi connectivity index (χ2v) is 4.70. The van der Waals surface area contributed by atoms with E-state index in [0.29, 0.717) is 6.04 Å². The minimum absolute atomic E-state index is 0.0321. The van der Waals surface area contributed by atoms with E-state index in [1.807, 2.05) is 6.92 Å². The number of hydrogen-bond acceptors (Lipinski definition) is 1. The van der Waals surface area contributed by atoms with Crippen molar-refractivity contribution in [3.05, 3.63) is 34.6 Å². The van der Waals surface area contributed by atoms with Crippen LogP contribution in [0.25, 0.3) is 0 Å². The average Bonchev–Trinajstić information content (AvgIpc) is 2.16. The van der Waals surface area contributed by atoms with E-state index in [4.69, 9.17) is 0 Å². The lowest BCUT2D eigenvalue weighted by Crippen LogP contribution is -2.36. The Morgan fingerprint density at radius 3 is 2.73 bits per heavy atom. The van der Waals surface area contributed by atoms with Gasteiger partial charge in [-0.2, -0.15) is 0 Å². The molecule has 0 saturated carbocycles. The molecule has 0 spiro atoms. The lowest BCUT2D eigenvalue weighted by molar-refractivity contribution is 0.200. The van der Waals surface area contributed by atoms with Gasteiger partial charge in [-0.05, 0) is 44.4 Å². The molecule has 0 aliphatic carbocycles. The quantitative estimate of drug-likeness (QED) is 0.684. The zero-order chi connectivity index (χ0) is 11.0. The van der Waals surface area contributed by atoms with E-state index >= 15 is 0 Å². The van der Waals surface area contributed by atoms with E-state index in [0.717, 1.165) is 30.6 Å². The van der Waals surface area contributed by atoms with Crippen LogP contribution in [-0.4, -0.2) is 17.5 Å². The van der Waals surface area contributed by atoms with Gasteiger partial charge in [0.05, 0.1) is 0 Å². The highest BCUT2D eigenvalue weighted by Gasteiger charge is 2.21. The number of benzene rings is 1. The molecule has 0 saturated heterocycles. The molecule has 0 unspecified atom stereocenters. The SMILES string of the molecule is Cc1cc(F)c2c(c1)CCN(C(C)C)C2. The van der Waals surface area contributed by atoms with Crippen LogP contribution in [0, 0.1) is 12.7 Å². The molecule has 1 aromatic rings. The molecule has 1 heterocycles. The van der Waals surface area contributed by atoms with Crippen molar-refractivity contribution in [1.29, 1.82) is 0 Å². The molecule has 0 radical (unpaired) electrons. The summed E-state index contributed by atoms with van der Waals surface area (Å²) < 4.78 is 13.7. The maximum absolute atomic E-state index is 13.7. The lowest BCUT2D eigenvalue weighted by Gasteiger charge is -2.32. The Bertz CT molecular complexity index is 371. The van der Waals surface area contributed by atoms with Crippen LogP contribution in [0.2, 0.25) is 0 Å². The molecule has 15 heavy (non-hydrogen) atoms. The minimum Gasteiger partial charge on any atom is -0.296 e. The number of halogens is 1. The molecule has 0 aromatic heterocycles. The fourth-order valence-electron chi connectivity index (χ4n) is 2.23. The van der Waals surface area contributed by atoms with Crippen molar-refractivity contribution in [2.24, 2.45) is 0 Å². The van der Waals surface area contributed by atoms with Gasteiger partial charge < -0.3 is 0 Å². The Balaban J connectivity index is 2.33. The lowest BCUT2D eigenvalue weighted by atomic mass is 9.96. The van der Waals surface area contributed by atoms with Gasteiger partial charge in [0.1, 0.15) is 5.82 Å². The first-order valence-electron chi connectivity index (χ1n) is 5.60. The van der Waals surface area contributed by atoms with Crippen LogP contribution < -0.4 is 0 Å². The molecule has 0 bridgehead atoms. The summed E-state index contributed by atoms with van der Waals surface area (Å²) in [6.07, 6.45) is 0.978. The summed E-state index contributed by atoms with van der Waals surface area (Å²) in [4.78, 5) is 2.32. The Morgan fingerprint density at radius 1 is 1.33 bits per heavy atom. The van der Waals surface area contributed by atoms with Gasteiger partial charge in [0.2, 0.25) is 0 Å². The molecule has 1 aromatic carbocycles. The van der Waals surface area contributed by atoms with Gasteiger partial charge in [-0.3, -0.25) is 4.90 Å². The topological polar surface area (TPSA) is 3.24 Å². The van der Waals surface area contributed by atoms with Gasteiger partial charge >= 0.3 is 0 Å². The van der Waals surface area contributed by atoms with Crippen LogP contribution in [0.5, 0.6) is 0 Å². The van der Waals surface area contributed by atoms with Crippen LogP contribution >= 0.6 is 0 Å². The van der Waals surface area contributed by atoms with Crippen molar-refractivity contribution < 1.29 is 4.39 Å². The second kappa shape index (κ2) is 3.93. The molecular weight excluding hydrogens is 189 g/mol. The summed E-state index contributed by atoms with van der Waals surface area (Å²) in [5, 5.41) is 0. The molecule has 1 nitrogen and oxygen atoms in total. The molecule has 0 atom stereocenters. The first-order chi connectivity index (χ1) is 7.08. The number of aryl methyl sites for hydroxylation is 1. The van der Waals surface area contributed by atoms with Crippen molar-refractivity contribution in [1.82, 2.24) is 4.90 Å². The molecule has 0 fully saturated rings. The van der Waals surface area contributed by atoms with Gasteiger partial charge in [-0.15, -0.1) is 0 Å². The summed E-state index contributed by atoms with van der Waals surface area (Å²) >= 11 is 0. The van der Waals surface area contributed by atoms with E-state index in [-0.39, 0.29) is 5.82 Å². The number of nitrogens with zero attached hydrogens (tertiary/aromatic N) is 1. The minimum atomic E-state index is -0.0321. The highest BCUT2D eigenvalue weighted by atomic mass is 19.1. The van der Waals surface area contributed by atoms with Crippen molar-refractivity contribution in [2.45, 2.75) is 39.8 Å². The molecule has 2 heteroatoms. The highest BCUT2D eigenvalue weighted by Crippen LogP contribution is 2.24. The van der Waals surface area contributed by atoms with Crippen LogP contribution in [0.15, 0.2) is 12.1 Å². The monoisotopic (exact) mass is 207 g/mol. The standard InChI is InChI=1S/C13H18FN/c1-9(2)15-5-4-11-6-10(3)7-13(14)12(11)8-15/h6-7,9H,4-5,8H2,1-3H3. The first kappa shape index (κ1) is 10.6. The Kier molecular flexibility index (Phi) is 2.79. The summed E-state index contributed by atoms with van der Waals surface area (Å²) in [6.45, 7) is 8.10. The molecule has 82 valence electrons. The Morgan fingerprint density at radius 2 is 2.07 bits per heavy atom.